The van der Waals surface area contributed by atoms with Gasteiger partial charge in [-0.3, -0.25) is 4.79 Å². The van der Waals surface area contributed by atoms with Gasteiger partial charge in [-0.15, -0.1) is 0 Å². The molecule has 3 aliphatic carbocycles. The molecule has 19 heavy (non-hydrogen) atoms. The number of anilines is 1. The van der Waals surface area contributed by atoms with Gasteiger partial charge in [-0.05, 0) is 59.7 Å². The van der Waals surface area contributed by atoms with E-state index in [9.17, 15) is 4.79 Å². The van der Waals surface area contributed by atoms with Crippen molar-refractivity contribution < 1.29 is 9.42 Å². The van der Waals surface area contributed by atoms with E-state index in [-0.39, 0.29) is 23.5 Å². The van der Waals surface area contributed by atoms with Crippen LogP contribution in [0.1, 0.15) is 42.6 Å². The zero-order chi connectivity index (χ0) is 13.0. The normalized spacial score (nSPS) is 39.5. The minimum Gasteiger partial charge on any atom is -0.379 e. The first-order chi connectivity index (χ1) is 9.24. The maximum absolute atomic E-state index is 12.1. The molecule has 102 valence electrons. The van der Waals surface area contributed by atoms with E-state index in [1.54, 1.807) is 0 Å². The van der Waals surface area contributed by atoms with Gasteiger partial charge in [0.1, 0.15) is 0 Å². The Balaban J connectivity index is 1.48. The summed E-state index contributed by atoms with van der Waals surface area (Å²) >= 11 is 0. The molecule has 2 bridgehead atoms. The van der Waals surface area contributed by atoms with Gasteiger partial charge in [-0.1, -0.05) is 6.42 Å². The summed E-state index contributed by atoms with van der Waals surface area (Å²) in [4.78, 5) is 12.1. The van der Waals surface area contributed by atoms with Crippen LogP contribution >= 0.6 is 0 Å². The summed E-state index contributed by atoms with van der Waals surface area (Å²) in [5.41, 5.74) is 5.67. The summed E-state index contributed by atoms with van der Waals surface area (Å²) in [6.45, 7) is 0. The Labute approximate surface area is 111 Å². The lowest BCUT2D eigenvalue weighted by Crippen LogP contribution is -2.42. The van der Waals surface area contributed by atoms with Crippen LogP contribution in [0.15, 0.2) is 4.63 Å². The fourth-order valence-corrected chi connectivity index (χ4v) is 4.82. The molecule has 1 aromatic rings. The molecule has 3 aliphatic rings. The van der Waals surface area contributed by atoms with Crippen LogP contribution in [0.2, 0.25) is 0 Å². The van der Waals surface area contributed by atoms with E-state index in [2.05, 4.69) is 20.3 Å². The minimum absolute atomic E-state index is 0.0689. The van der Waals surface area contributed by atoms with Crippen molar-refractivity contribution in [2.45, 2.75) is 38.1 Å². The highest BCUT2D eigenvalue weighted by atomic mass is 16.6. The number of carbonyl (C=O) groups is 1. The minimum atomic E-state index is -0.245. The number of aromatic nitrogens is 2. The largest absolute Gasteiger partial charge is 0.379 e. The summed E-state index contributed by atoms with van der Waals surface area (Å²) in [6, 6.07) is 0.285. The van der Waals surface area contributed by atoms with Crippen molar-refractivity contribution in [1.82, 2.24) is 15.6 Å². The Kier molecular flexibility index (Phi) is 2.34. The van der Waals surface area contributed by atoms with Crippen molar-refractivity contribution >= 4 is 11.7 Å². The van der Waals surface area contributed by atoms with Crippen molar-refractivity contribution in [3.05, 3.63) is 5.69 Å². The van der Waals surface area contributed by atoms with Gasteiger partial charge in [0, 0.05) is 6.04 Å². The molecule has 1 aromatic heterocycles. The number of hydrogen-bond acceptors (Lipinski definition) is 5. The van der Waals surface area contributed by atoms with Crippen LogP contribution in [-0.2, 0) is 0 Å². The second-order valence-electron chi connectivity index (χ2n) is 6.23. The average molecular weight is 262 g/mol. The van der Waals surface area contributed by atoms with Crippen molar-refractivity contribution in [3.63, 3.8) is 0 Å². The number of nitrogens with zero attached hydrogens (tertiary/aromatic N) is 2. The van der Waals surface area contributed by atoms with Crippen molar-refractivity contribution in [2.75, 3.05) is 5.73 Å². The predicted molar refractivity (Wildman–Crippen MR) is 67.0 cm³/mol. The van der Waals surface area contributed by atoms with E-state index in [4.69, 9.17) is 5.73 Å². The number of nitrogens with one attached hydrogen (secondary N) is 1. The Morgan fingerprint density at radius 2 is 2.05 bits per heavy atom. The second-order valence-corrected chi connectivity index (χ2v) is 6.23. The number of fused-ring (bicyclic) bond motifs is 5. The van der Waals surface area contributed by atoms with E-state index in [0.29, 0.717) is 5.92 Å². The van der Waals surface area contributed by atoms with Crippen LogP contribution in [0.4, 0.5) is 5.82 Å². The molecule has 3 saturated carbocycles. The number of amides is 1. The van der Waals surface area contributed by atoms with Crippen LogP contribution in [-0.4, -0.2) is 22.3 Å². The summed E-state index contributed by atoms with van der Waals surface area (Å²) < 4.78 is 4.48. The van der Waals surface area contributed by atoms with Crippen molar-refractivity contribution in [2.24, 2.45) is 23.7 Å². The molecule has 0 spiro atoms. The molecule has 0 aliphatic heterocycles. The molecule has 5 atom stereocenters. The monoisotopic (exact) mass is 262 g/mol. The first-order valence-electron chi connectivity index (χ1n) is 7.13. The number of carbonyl (C=O) groups excluding carboxylic acids is 1. The van der Waals surface area contributed by atoms with E-state index < -0.39 is 0 Å². The summed E-state index contributed by atoms with van der Waals surface area (Å²) in [7, 11) is 0. The molecule has 6 nitrogen and oxygen atoms in total. The summed E-state index contributed by atoms with van der Waals surface area (Å²) in [5.74, 6) is 3.05. The lowest BCUT2D eigenvalue weighted by atomic mass is 9.79. The van der Waals surface area contributed by atoms with Gasteiger partial charge in [-0.2, -0.15) is 0 Å². The Hall–Kier alpha value is -1.59. The smallest absolute Gasteiger partial charge is 0.277 e. The predicted octanol–water partition coefficient (Wildman–Crippen LogP) is 1.21. The highest BCUT2D eigenvalue weighted by molar-refractivity contribution is 5.96. The van der Waals surface area contributed by atoms with Crippen molar-refractivity contribution in [1.29, 1.82) is 0 Å². The maximum atomic E-state index is 12.1. The zero-order valence-electron chi connectivity index (χ0n) is 10.7. The van der Waals surface area contributed by atoms with Crippen LogP contribution in [0.3, 0.4) is 0 Å². The van der Waals surface area contributed by atoms with E-state index in [1.165, 1.54) is 25.7 Å². The fraction of sp³-hybridized carbons (Fsp3) is 0.769. The molecule has 6 heteroatoms. The molecule has 1 amide bonds. The average Bonchev–Trinajstić information content (AvgIpc) is 3.07. The third kappa shape index (κ3) is 1.58. The molecule has 0 saturated heterocycles. The zero-order valence-corrected chi connectivity index (χ0v) is 10.7. The first-order valence-corrected chi connectivity index (χ1v) is 7.13. The lowest BCUT2D eigenvalue weighted by molar-refractivity contribution is 0.0892. The molecular formula is C13H18N4O2. The van der Waals surface area contributed by atoms with Crippen LogP contribution < -0.4 is 11.1 Å². The van der Waals surface area contributed by atoms with Crippen LogP contribution in [0.25, 0.3) is 0 Å². The molecule has 3 N–H and O–H groups in total. The standard InChI is InChI=1S/C13H18N4O2/c14-12-11(16-19-17-12)13(18)15-10-5-6-4-9(10)8-3-1-2-7(6)8/h6-10H,1-5H2,(H2,14,17)(H,15,18). The van der Waals surface area contributed by atoms with Gasteiger partial charge in [0.15, 0.2) is 0 Å². The third-order valence-corrected chi connectivity index (χ3v) is 5.47. The Morgan fingerprint density at radius 1 is 1.21 bits per heavy atom. The van der Waals surface area contributed by atoms with Crippen LogP contribution in [0.5, 0.6) is 0 Å². The number of rotatable bonds is 2. The molecule has 0 radical (unpaired) electrons. The fourth-order valence-electron chi connectivity index (χ4n) is 4.82. The van der Waals surface area contributed by atoms with E-state index in [1.807, 2.05) is 0 Å². The number of nitrogen functional groups attached to an aromatic ring is 1. The second kappa shape index (κ2) is 3.95. The lowest BCUT2D eigenvalue weighted by Gasteiger charge is -2.31. The molecule has 4 rings (SSSR count). The molecular weight excluding hydrogens is 244 g/mol. The Morgan fingerprint density at radius 3 is 2.84 bits per heavy atom. The third-order valence-electron chi connectivity index (χ3n) is 5.47. The summed E-state index contributed by atoms with van der Waals surface area (Å²) in [6.07, 6.45) is 6.50. The quantitative estimate of drug-likeness (QED) is 0.835. The SMILES string of the molecule is Nc1nonc1C(=O)NC1CC2CC1C1CCCC21. The van der Waals surface area contributed by atoms with Gasteiger partial charge < -0.3 is 11.1 Å². The Bertz CT molecular complexity index is 514. The van der Waals surface area contributed by atoms with E-state index in [0.717, 1.165) is 24.2 Å². The molecule has 5 unspecified atom stereocenters. The van der Waals surface area contributed by atoms with Gasteiger partial charge in [0.25, 0.3) is 5.91 Å². The maximum Gasteiger partial charge on any atom is 0.277 e. The topological polar surface area (TPSA) is 94.0 Å². The highest BCUT2D eigenvalue weighted by Gasteiger charge is 2.54. The van der Waals surface area contributed by atoms with Gasteiger partial charge in [0.05, 0.1) is 0 Å². The molecule has 0 aromatic carbocycles. The number of hydrogen-bond donors (Lipinski definition) is 2. The molecule has 1 heterocycles. The van der Waals surface area contributed by atoms with Gasteiger partial charge in [0.2, 0.25) is 11.5 Å². The van der Waals surface area contributed by atoms with Gasteiger partial charge >= 0.3 is 0 Å². The number of nitrogens with two attached hydrogens (primary N) is 1. The first kappa shape index (κ1) is 11.3. The van der Waals surface area contributed by atoms with Crippen molar-refractivity contribution in [3.8, 4) is 0 Å². The molecule has 3 fully saturated rings. The highest BCUT2D eigenvalue weighted by Crippen LogP contribution is 2.58. The van der Waals surface area contributed by atoms with Gasteiger partial charge in [-0.25, -0.2) is 4.63 Å². The van der Waals surface area contributed by atoms with Crippen LogP contribution in [0, 0.1) is 23.7 Å². The van der Waals surface area contributed by atoms with E-state index >= 15 is 0 Å². The summed E-state index contributed by atoms with van der Waals surface area (Å²) in [5, 5.41) is 10.1.